The van der Waals surface area contributed by atoms with E-state index in [-0.39, 0.29) is 12.0 Å². The van der Waals surface area contributed by atoms with Crippen molar-refractivity contribution in [3.63, 3.8) is 0 Å². The second kappa shape index (κ2) is 5.01. The molecule has 2 aromatic rings. The van der Waals surface area contributed by atoms with E-state index in [9.17, 15) is 18.4 Å². The van der Waals surface area contributed by atoms with Crippen LogP contribution in [0.25, 0.3) is 0 Å². The molecule has 19 heavy (non-hydrogen) atoms. The number of benzene rings is 1. The summed E-state index contributed by atoms with van der Waals surface area (Å²) in [6.45, 7) is 1.69. The van der Waals surface area contributed by atoms with Crippen molar-refractivity contribution in [1.29, 1.82) is 0 Å². The summed E-state index contributed by atoms with van der Waals surface area (Å²) in [4.78, 5) is 26.5. The Hall–Kier alpha value is -2.50. The van der Waals surface area contributed by atoms with Gasteiger partial charge in [0.15, 0.2) is 0 Å². The van der Waals surface area contributed by atoms with Crippen molar-refractivity contribution in [2.45, 2.75) is 6.92 Å². The summed E-state index contributed by atoms with van der Waals surface area (Å²) < 4.78 is 28.3. The first-order chi connectivity index (χ1) is 9.02. The highest BCUT2D eigenvalue weighted by Crippen LogP contribution is 2.19. The number of nitrogens with zero attached hydrogens (tertiary/aromatic N) is 1. The predicted octanol–water partition coefficient (Wildman–Crippen LogP) is 1.89. The first kappa shape index (κ1) is 12.9. The number of ketones is 1. The lowest BCUT2D eigenvalue weighted by molar-refractivity contribution is -0.129. The normalized spacial score (nSPS) is 10.3. The maximum atomic E-state index is 13.6. The highest BCUT2D eigenvalue weighted by Gasteiger charge is 2.20. The number of aryl methyl sites for hydroxylation is 1. The topological polar surface area (TPSA) is 48.3 Å². The summed E-state index contributed by atoms with van der Waals surface area (Å²) in [5.74, 6) is -2.67. The number of hydrogen-bond donors (Lipinski definition) is 0. The van der Waals surface area contributed by atoms with Crippen LogP contribution in [0.3, 0.4) is 0 Å². The van der Waals surface area contributed by atoms with E-state index in [1.165, 1.54) is 19.2 Å². The summed E-state index contributed by atoms with van der Waals surface area (Å²) in [6.07, 6.45) is 2.45. The molecule has 0 radical (unpaired) electrons. The van der Waals surface area contributed by atoms with Gasteiger partial charge in [-0.3, -0.25) is 9.59 Å². The smallest absolute Gasteiger partial charge is 0.321 e. The van der Waals surface area contributed by atoms with Gasteiger partial charge in [-0.2, -0.15) is 4.73 Å². The molecule has 1 heterocycles. The van der Waals surface area contributed by atoms with Gasteiger partial charge in [-0.15, -0.1) is 0 Å². The maximum Gasteiger partial charge on any atom is 0.321 e. The summed E-state index contributed by atoms with van der Waals surface area (Å²) in [7, 11) is 0. The van der Waals surface area contributed by atoms with Gasteiger partial charge >= 0.3 is 6.47 Å². The molecule has 1 aromatic carbocycles. The zero-order valence-corrected chi connectivity index (χ0v) is 9.89. The van der Waals surface area contributed by atoms with E-state index >= 15 is 0 Å². The summed E-state index contributed by atoms with van der Waals surface area (Å²) in [5, 5.41) is 0. The molecule has 0 amide bonds. The Balaban J connectivity index is 2.41. The molecule has 0 atom stereocenters. The molecule has 1 aromatic heterocycles. The molecule has 0 N–H and O–H groups in total. The van der Waals surface area contributed by atoms with Gasteiger partial charge in [0.1, 0.15) is 11.6 Å². The fourth-order valence-electron chi connectivity index (χ4n) is 1.69. The van der Waals surface area contributed by atoms with Crippen molar-refractivity contribution in [3.8, 4) is 0 Å². The molecule has 6 heteroatoms. The molecule has 98 valence electrons. The molecule has 0 spiro atoms. The Kier molecular flexibility index (Phi) is 3.41. The molecule has 4 nitrogen and oxygen atoms in total. The van der Waals surface area contributed by atoms with E-state index < -0.39 is 23.0 Å². The summed E-state index contributed by atoms with van der Waals surface area (Å²) in [5.41, 5.74) is -0.230. The minimum atomic E-state index is -0.924. The lowest BCUT2D eigenvalue weighted by Gasteiger charge is -2.04. The SMILES string of the molecule is Cc1cc(F)c(C(=O)c2ccn(OC=O)c2)c(F)c1. The molecule has 0 aliphatic rings. The van der Waals surface area contributed by atoms with E-state index in [1.807, 2.05) is 0 Å². The van der Waals surface area contributed by atoms with Gasteiger partial charge in [0.2, 0.25) is 5.78 Å². The van der Waals surface area contributed by atoms with Crippen molar-refractivity contribution < 1.29 is 23.2 Å². The Bertz CT molecular complexity index is 626. The van der Waals surface area contributed by atoms with Crippen LogP contribution in [-0.4, -0.2) is 17.0 Å². The second-order valence-electron chi connectivity index (χ2n) is 3.89. The fraction of sp³-hybridized carbons (Fsp3) is 0.0769. The molecule has 0 bridgehead atoms. The first-order valence-corrected chi connectivity index (χ1v) is 5.32. The number of halogens is 2. The van der Waals surface area contributed by atoms with Gasteiger partial charge in [0.05, 0.1) is 11.8 Å². The zero-order valence-electron chi connectivity index (χ0n) is 9.89. The van der Waals surface area contributed by atoms with Crippen LogP contribution in [-0.2, 0) is 4.79 Å². The van der Waals surface area contributed by atoms with Crippen LogP contribution in [0.2, 0.25) is 0 Å². The Morgan fingerprint density at radius 3 is 2.53 bits per heavy atom. The van der Waals surface area contributed by atoms with Crippen molar-refractivity contribution in [1.82, 2.24) is 4.73 Å². The van der Waals surface area contributed by atoms with E-state index in [0.29, 0.717) is 5.56 Å². The number of carbonyl (C=O) groups is 2. The minimum Gasteiger partial charge on any atom is -0.340 e. The number of carbonyl (C=O) groups excluding carboxylic acids is 2. The van der Waals surface area contributed by atoms with E-state index in [4.69, 9.17) is 0 Å². The lowest BCUT2D eigenvalue weighted by atomic mass is 10.0. The summed E-state index contributed by atoms with van der Waals surface area (Å²) in [6, 6.07) is 3.45. The van der Waals surface area contributed by atoms with Gasteiger partial charge in [-0.1, -0.05) is 0 Å². The van der Waals surface area contributed by atoms with E-state index in [2.05, 4.69) is 4.84 Å². The van der Waals surface area contributed by atoms with Crippen molar-refractivity contribution >= 4 is 12.3 Å². The molecule has 2 rings (SSSR count). The number of hydrogen-bond acceptors (Lipinski definition) is 3. The average Bonchev–Trinajstić information content (AvgIpc) is 2.76. The number of aromatic nitrogens is 1. The Labute approximate surface area is 107 Å². The molecule has 0 aliphatic heterocycles. The molecule has 0 saturated carbocycles. The Morgan fingerprint density at radius 1 is 1.32 bits per heavy atom. The lowest BCUT2D eigenvalue weighted by Crippen LogP contribution is -2.09. The quantitative estimate of drug-likeness (QED) is 0.626. The van der Waals surface area contributed by atoms with Gasteiger partial charge in [0.25, 0.3) is 0 Å². The maximum absolute atomic E-state index is 13.6. The van der Waals surface area contributed by atoms with Crippen molar-refractivity contribution in [2.24, 2.45) is 0 Å². The van der Waals surface area contributed by atoms with Gasteiger partial charge in [-0.05, 0) is 30.7 Å². The third-order valence-electron chi connectivity index (χ3n) is 2.51. The highest BCUT2D eigenvalue weighted by atomic mass is 19.1. The third-order valence-corrected chi connectivity index (χ3v) is 2.51. The van der Waals surface area contributed by atoms with Crippen LogP contribution in [0.5, 0.6) is 0 Å². The van der Waals surface area contributed by atoms with Crippen LogP contribution in [0.4, 0.5) is 8.78 Å². The van der Waals surface area contributed by atoms with E-state index in [1.54, 1.807) is 0 Å². The standard InChI is InChI=1S/C13H9F2NO3/c1-8-4-10(14)12(11(15)5-8)13(18)9-2-3-16(6-9)19-7-17/h2-7H,1H3. The van der Waals surface area contributed by atoms with E-state index in [0.717, 1.165) is 23.1 Å². The molecular weight excluding hydrogens is 256 g/mol. The van der Waals surface area contributed by atoms with Crippen molar-refractivity contribution in [2.75, 3.05) is 0 Å². The minimum absolute atomic E-state index is 0.0171. The third kappa shape index (κ3) is 2.52. The largest absolute Gasteiger partial charge is 0.340 e. The molecule has 0 aliphatic carbocycles. The molecule has 0 unspecified atom stereocenters. The van der Waals surface area contributed by atoms with Crippen LogP contribution in [0, 0.1) is 18.6 Å². The highest BCUT2D eigenvalue weighted by molar-refractivity contribution is 6.09. The fourth-order valence-corrected chi connectivity index (χ4v) is 1.69. The van der Waals surface area contributed by atoms with Gasteiger partial charge in [-0.25, -0.2) is 8.78 Å². The monoisotopic (exact) mass is 265 g/mol. The number of rotatable bonds is 4. The second-order valence-corrected chi connectivity index (χ2v) is 3.89. The first-order valence-electron chi connectivity index (χ1n) is 5.32. The predicted molar refractivity (Wildman–Crippen MR) is 61.6 cm³/mol. The van der Waals surface area contributed by atoms with Crippen LogP contribution in [0.15, 0.2) is 30.6 Å². The zero-order chi connectivity index (χ0) is 14.0. The van der Waals surface area contributed by atoms with Crippen LogP contribution in [0.1, 0.15) is 21.5 Å². The van der Waals surface area contributed by atoms with Gasteiger partial charge in [0, 0.05) is 11.8 Å². The van der Waals surface area contributed by atoms with Crippen LogP contribution < -0.4 is 4.84 Å². The Morgan fingerprint density at radius 2 is 1.95 bits per heavy atom. The average molecular weight is 265 g/mol. The van der Waals surface area contributed by atoms with Gasteiger partial charge < -0.3 is 4.84 Å². The molecular formula is C13H9F2NO3. The molecule has 0 fully saturated rings. The van der Waals surface area contributed by atoms with Crippen LogP contribution >= 0.6 is 0 Å². The van der Waals surface area contributed by atoms with Crippen molar-refractivity contribution in [3.05, 3.63) is 58.9 Å². The summed E-state index contributed by atoms with van der Waals surface area (Å²) >= 11 is 0. The molecule has 0 saturated heterocycles.